The van der Waals surface area contributed by atoms with Crippen molar-refractivity contribution in [3.05, 3.63) is 35.6 Å². The lowest BCUT2D eigenvalue weighted by molar-refractivity contribution is 0.0207. The van der Waals surface area contributed by atoms with Gasteiger partial charge in [-0.2, -0.15) is 0 Å². The maximum absolute atomic E-state index is 13.3. The fourth-order valence-corrected chi connectivity index (χ4v) is 3.45. The van der Waals surface area contributed by atoms with E-state index in [1.165, 1.54) is 12.1 Å². The van der Waals surface area contributed by atoms with Gasteiger partial charge in [0.05, 0.1) is 6.10 Å². The largest absolute Gasteiger partial charge is 0.443 e. The van der Waals surface area contributed by atoms with E-state index in [4.69, 9.17) is 4.74 Å². The van der Waals surface area contributed by atoms with Crippen molar-refractivity contribution in [1.82, 2.24) is 10.6 Å². The van der Waals surface area contributed by atoms with Gasteiger partial charge < -0.3 is 20.5 Å². The zero-order chi connectivity index (χ0) is 16.2. The molecule has 2 aliphatic rings. The average molecular weight is 322 g/mol. The fraction of sp³-hybridized carbons (Fsp3) is 0.588. The molecule has 1 saturated carbocycles. The van der Waals surface area contributed by atoms with E-state index < -0.39 is 18.3 Å². The minimum Gasteiger partial charge on any atom is -0.443 e. The van der Waals surface area contributed by atoms with Crippen LogP contribution in [-0.4, -0.2) is 42.5 Å². The third-order valence-corrected chi connectivity index (χ3v) is 4.67. The normalized spacial score (nSPS) is 30.9. The van der Waals surface area contributed by atoms with Gasteiger partial charge in [0.2, 0.25) is 0 Å². The summed E-state index contributed by atoms with van der Waals surface area (Å²) in [6.07, 6.45) is 1.22. The topological polar surface area (TPSA) is 70.6 Å². The zero-order valence-electron chi connectivity index (χ0n) is 13.0. The highest BCUT2D eigenvalue weighted by Gasteiger charge is 2.36. The van der Waals surface area contributed by atoms with Crippen LogP contribution in [0.4, 0.5) is 9.18 Å². The predicted octanol–water partition coefficient (Wildman–Crippen LogP) is 1.91. The smallest absolute Gasteiger partial charge is 0.407 e. The van der Waals surface area contributed by atoms with Gasteiger partial charge in [-0.3, -0.25) is 0 Å². The number of aliphatic hydroxyl groups is 1. The van der Waals surface area contributed by atoms with Crippen LogP contribution >= 0.6 is 0 Å². The summed E-state index contributed by atoms with van der Waals surface area (Å²) in [7, 11) is 0. The van der Waals surface area contributed by atoms with E-state index in [2.05, 4.69) is 10.6 Å². The summed E-state index contributed by atoms with van der Waals surface area (Å²) < 4.78 is 18.7. The van der Waals surface area contributed by atoms with Crippen molar-refractivity contribution >= 4 is 6.09 Å². The van der Waals surface area contributed by atoms with E-state index in [1.807, 2.05) is 6.07 Å². The van der Waals surface area contributed by atoms with Crippen molar-refractivity contribution in [2.75, 3.05) is 13.1 Å². The molecule has 1 amide bonds. The summed E-state index contributed by atoms with van der Waals surface area (Å²) in [4.78, 5) is 12.0. The molecular weight excluding hydrogens is 299 g/mol. The van der Waals surface area contributed by atoms with Gasteiger partial charge in [-0.05, 0) is 55.8 Å². The lowest BCUT2D eigenvalue weighted by Gasteiger charge is -2.24. The Morgan fingerprint density at radius 1 is 1.39 bits per heavy atom. The number of aliphatic hydroxyl groups excluding tert-OH is 1. The number of carbonyl (C=O) groups is 1. The van der Waals surface area contributed by atoms with Crippen LogP contribution in [0.2, 0.25) is 0 Å². The van der Waals surface area contributed by atoms with Crippen LogP contribution in [0.3, 0.4) is 0 Å². The first-order valence-corrected chi connectivity index (χ1v) is 8.23. The van der Waals surface area contributed by atoms with Gasteiger partial charge in [-0.15, -0.1) is 0 Å². The summed E-state index contributed by atoms with van der Waals surface area (Å²) in [5.41, 5.74) is 0.840. The molecule has 6 heteroatoms. The lowest BCUT2D eigenvalue weighted by Crippen LogP contribution is -2.46. The summed E-state index contributed by atoms with van der Waals surface area (Å²) >= 11 is 0. The predicted molar refractivity (Wildman–Crippen MR) is 83.7 cm³/mol. The molecule has 0 aromatic heterocycles. The molecule has 3 N–H and O–H groups in total. The fourth-order valence-electron chi connectivity index (χ4n) is 3.45. The van der Waals surface area contributed by atoms with Crippen LogP contribution in [0.5, 0.6) is 0 Å². The standard InChI is InChI=1S/C17H23FN2O3/c18-13-4-1-3-11(7-13)12-8-15(21)16(9-12)23-17(22)20-14-5-2-6-19-10-14/h1,3-4,7,12,14-16,19,21H,2,5-6,8-10H2,(H,20,22). The van der Waals surface area contributed by atoms with E-state index in [0.29, 0.717) is 12.8 Å². The maximum Gasteiger partial charge on any atom is 0.407 e. The first-order valence-electron chi connectivity index (χ1n) is 8.23. The van der Waals surface area contributed by atoms with Crippen LogP contribution in [0.15, 0.2) is 24.3 Å². The quantitative estimate of drug-likeness (QED) is 0.795. The monoisotopic (exact) mass is 322 g/mol. The van der Waals surface area contributed by atoms with Gasteiger partial charge in [-0.25, -0.2) is 9.18 Å². The molecule has 5 nitrogen and oxygen atoms in total. The molecule has 126 valence electrons. The second-order valence-corrected chi connectivity index (χ2v) is 6.42. The second kappa shape index (κ2) is 7.27. The van der Waals surface area contributed by atoms with Gasteiger partial charge in [0.15, 0.2) is 0 Å². The van der Waals surface area contributed by atoms with Gasteiger partial charge in [-0.1, -0.05) is 12.1 Å². The summed E-state index contributed by atoms with van der Waals surface area (Å²) in [6.45, 7) is 1.72. The Hall–Kier alpha value is -1.66. The molecule has 1 aliphatic carbocycles. The highest BCUT2D eigenvalue weighted by molar-refractivity contribution is 5.68. The highest BCUT2D eigenvalue weighted by atomic mass is 19.1. The highest BCUT2D eigenvalue weighted by Crippen LogP contribution is 2.36. The van der Waals surface area contributed by atoms with E-state index in [9.17, 15) is 14.3 Å². The first-order chi connectivity index (χ1) is 11.1. The Balaban J connectivity index is 1.53. The van der Waals surface area contributed by atoms with Gasteiger partial charge >= 0.3 is 6.09 Å². The Kier molecular flexibility index (Phi) is 5.13. The number of ether oxygens (including phenoxy) is 1. The number of nitrogens with one attached hydrogen (secondary N) is 2. The molecule has 1 saturated heterocycles. The van der Waals surface area contributed by atoms with Crippen molar-refractivity contribution in [1.29, 1.82) is 0 Å². The van der Waals surface area contributed by atoms with Crippen LogP contribution < -0.4 is 10.6 Å². The molecular formula is C17H23FN2O3. The van der Waals surface area contributed by atoms with Crippen LogP contribution in [0.1, 0.15) is 37.2 Å². The lowest BCUT2D eigenvalue weighted by atomic mass is 9.97. The van der Waals surface area contributed by atoms with E-state index in [0.717, 1.165) is 31.5 Å². The Morgan fingerprint density at radius 2 is 2.26 bits per heavy atom. The number of rotatable bonds is 3. The van der Waals surface area contributed by atoms with Crippen molar-refractivity contribution in [3.8, 4) is 0 Å². The molecule has 0 bridgehead atoms. The zero-order valence-corrected chi connectivity index (χ0v) is 13.0. The third-order valence-electron chi connectivity index (χ3n) is 4.67. The molecule has 0 radical (unpaired) electrons. The molecule has 23 heavy (non-hydrogen) atoms. The van der Waals surface area contributed by atoms with Crippen molar-refractivity contribution in [3.63, 3.8) is 0 Å². The molecule has 1 aromatic carbocycles. The van der Waals surface area contributed by atoms with E-state index in [-0.39, 0.29) is 17.8 Å². The molecule has 4 atom stereocenters. The second-order valence-electron chi connectivity index (χ2n) is 6.42. The Labute approximate surface area is 135 Å². The molecule has 3 rings (SSSR count). The molecule has 0 spiro atoms. The van der Waals surface area contributed by atoms with Gasteiger partial charge in [0.1, 0.15) is 11.9 Å². The van der Waals surface area contributed by atoms with Crippen molar-refractivity contribution in [2.45, 2.75) is 49.9 Å². The number of hydrogen-bond donors (Lipinski definition) is 3. The minimum atomic E-state index is -0.710. The molecule has 4 unspecified atom stereocenters. The maximum atomic E-state index is 13.3. The number of carbonyl (C=O) groups excluding carboxylic acids is 1. The number of hydrogen-bond acceptors (Lipinski definition) is 4. The van der Waals surface area contributed by atoms with Crippen LogP contribution in [-0.2, 0) is 4.74 Å². The van der Waals surface area contributed by atoms with E-state index >= 15 is 0 Å². The van der Waals surface area contributed by atoms with Crippen LogP contribution in [0, 0.1) is 5.82 Å². The average Bonchev–Trinajstić information content (AvgIpc) is 2.89. The van der Waals surface area contributed by atoms with Gasteiger partial charge in [0.25, 0.3) is 0 Å². The number of piperidine rings is 1. The Bertz CT molecular complexity index is 548. The first kappa shape index (κ1) is 16.2. The summed E-state index contributed by atoms with van der Waals surface area (Å²) in [5.74, 6) is -0.279. The third kappa shape index (κ3) is 4.20. The van der Waals surface area contributed by atoms with Crippen LogP contribution in [0.25, 0.3) is 0 Å². The van der Waals surface area contributed by atoms with Crippen molar-refractivity contribution < 1.29 is 19.0 Å². The molecule has 2 fully saturated rings. The SMILES string of the molecule is O=C(NC1CCCNC1)OC1CC(c2cccc(F)c2)CC1O. The Morgan fingerprint density at radius 3 is 3.00 bits per heavy atom. The molecule has 1 aliphatic heterocycles. The summed E-state index contributed by atoms with van der Waals surface area (Å²) in [6, 6.07) is 6.46. The number of amides is 1. The minimum absolute atomic E-state index is 0.00912. The number of alkyl carbamates (subject to hydrolysis) is 1. The molecule has 1 aromatic rings. The van der Waals surface area contributed by atoms with E-state index in [1.54, 1.807) is 6.07 Å². The van der Waals surface area contributed by atoms with Crippen molar-refractivity contribution in [2.24, 2.45) is 0 Å². The molecule has 1 heterocycles. The van der Waals surface area contributed by atoms with Gasteiger partial charge in [0, 0.05) is 12.6 Å². The summed E-state index contributed by atoms with van der Waals surface area (Å²) in [5, 5.41) is 16.2. The number of benzene rings is 1. The number of halogens is 1.